The summed E-state index contributed by atoms with van der Waals surface area (Å²) < 4.78 is 37.2. The molecule has 0 aliphatic carbocycles. The Labute approximate surface area is 101 Å². The third-order valence-electron chi connectivity index (χ3n) is 2.12. The molecule has 1 aliphatic rings. The molecule has 0 aromatic heterocycles. The van der Waals surface area contributed by atoms with Crippen molar-refractivity contribution in [2.75, 3.05) is 13.9 Å². The number of benzene rings is 1. The van der Waals surface area contributed by atoms with Crippen molar-refractivity contribution in [3.63, 3.8) is 0 Å². The molecule has 1 aromatic rings. The van der Waals surface area contributed by atoms with Gasteiger partial charge in [0.15, 0.2) is 11.5 Å². The zero-order valence-electron chi connectivity index (χ0n) is 8.60. The first-order chi connectivity index (χ1) is 7.93. The van der Waals surface area contributed by atoms with Crippen LogP contribution in [-0.2, 0) is 13.8 Å². The Hall–Kier alpha value is -1.47. The Morgan fingerprint density at radius 3 is 2.71 bits per heavy atom. The summed E-state index contributed by atoms with van der Waals surface area (Å²) in [7, 11) is 2.40. The van der Waals surface area contributed by atoms with E-state index >= 15 is 0 Å². The Bertz CT molecular complexity index is 579. The Balaban J connectivity index is 2.66. The molecule has 2 rings (SSSR count). The quantitative estimate of drug-likeness (QED) is 0.596. The molecule has 92 valence electrons. The first kappa shape index (κ1) is 12.0. The van der Waals surface area contributed by atoms with Crippen molar-refractivity contribution in [1.82, 2.24) is 0 Å². The summed E-state index contributed by atoms with van der Waals surface area (Å²) in [6, 6.07) is 2.42. The lowest BCUT2D eigenvalue weighted by Crippen LogP contribution is -2.03. The van der Waals surface area contributed by atoms with Gasteiger partial charge < -0.3 is 14.2 Å². The van der Waals surface area contributed by atoms with Crippen molar-refractivity contribution in [3.05, 3.63) is 17.7 Å². The van der Waals surface area contributed by atoms with E-state index in [1.54, 1.807) is 0 Å². The highest BCUT2D eigenvalue weighted by Gasteiger charge is 2.28. The van der Waals surface area contributed by atoms with Crippen LogP contribution in [-0.4, -0.2) is 28.3 Å². The number of methoxy groups -OCH3 is 1. The van der Waals surface area contributed by atoms with Crippen LogP contribution in [0.4, 0.5) is 0 Å². The molecule has 8 heteroatoms. The normalized spacial score (nSPS) is 13.5. The molecule has 1 heterocycles. The Morgan fingerprint density at radius 1 is 1.41 bits per heavy atom. The first-order valence-corrected chi connectivity index (χ1v) is 6.71. The molecule has 0 unspecified atom stereocenters. The van der Waals surface area contributed by atoms with Gasteiger partial charge in [-0.1, -0.05) is 0 Å². The lowest BCUT2D eigenvalue weighted by Gasteiger charge is -2.05. The van der Waals surface area contributed by atoms with E-state index in [-0.39, 0.29) is 28.8 Å². The fraction of sp³-hybridized carbons (Fsp3) is 0.222. The van der Waals surface area contributed by atoms with Crippen molar-refractivity contribution in [2.45, 2.75) is 4.90 Å². The van der Waals surface area contributed by atoms with E-state index in [1.165, 1.54) is 13.2 Å². The van der Waals surface area contributed by atoms with Crippen molar-refractivity contribution in [2.24, 2.45) is 0 Å². The Morgan fingerprint density at radius 2 is 2.12 bits per heavy atom. The molecular weight excluding hydrogens is 272 g/mol. The molecule has 0 saturated carbocycles. The maximum atomic E-state index is 11.3. The molecule has 0 fully saturated rings. The summed E-state index contributed by atoms with van der Waals surface area (Å²) in [5, 5.41) is 0. The highest BCUT2D eigenvalue weighted by Crippen LogP contribution is 2.40. The van der Waals surface area contributed by atoms with Crippen molar-refractivity contribution in [1.29, 1.82) is 0 Å². The minimum atomic E-state index is -4.03. The van der Waals surface area contributed by atoms with Crippen LogP contribution in [0.5, 0.6) is 11.5 Å². The second-order valence-corrected chi connectivity index (χ2v) is 5.67. The number of hydrogen-bond donors (Lipinski definition) is 0. The van der Waals surface area contributed by atoms with Gasteiger partial charge in [-0.25, -0.2) is 13.2 Å². The molecular formula is C9H7ClO6S. The van der Waals surface area contributed by atoms with Gasteiger partial charge in [0, 0.05) is 10.7 Å². The van der Waals surface area contributed by atoms with Crippen molar-refractivity contribution in [3.8, 4) is 11.5 Å². The Kier molecular flexibility index (Phi) is 2.88. The van der Waals surface area contributed by atoms with Gasteiger partial charge in [-0.05, 0) is 12.1 Å². The molecule has 0 saturated heterocycles. The SMILES string of the molecule is COC(=O)c1cc2c(c(S(=O)(=O)Cl)c1)OCO2. The highest BCUT2D eigenvalue weighted by molar-refractivity contribution is 8.13. The van der Waals surface area contributed by atoms with Crippen LogP contribution in [0.2, 0.25) is 0 Å². The summed E-state index contributed by atoms with van der Waals surface area (Å²) in [6.45, 7) is -0.126. The van der Waals surface area contributed by atoms with E-state index in [4.69, 9.17) is 20.2 Å². The zero-order valence-corrected chi connectivity index (χ0v) is 10.2. The number of ether oxygens (including phenoxy) is 3. The second-order valence-electron chi connectivity index (χ2n) is 3.14. The van der Waals surface area contributed by atoms with Crippen LogP contribution < -0.4 is 9.47 Å². The van der Waals surface area contributed by atoms with E-state index in [0.717, 1.165) is 6.07 Å². The smallest absolute Gasteiger partial charge is 0.338 e. The van der Waals surface area contributed by atoms with Gasteiger partial charge in [-0.15, -0.1) is 0 Å². The number of rotatable bonds is 2. The molecule has 0 spiro atoms. The zero-order chi connectivity index (χ0) is 12.6. The second kappa shape index (κ2) is 4.08. The van der Waals surface area contributed by atoms with Gasteiger partial charge in [0.1, 0.15) is 4.90 Å². The maximum Gasteiger partial charge on any atom is 0.338 e. The molecule has 0 bridgehead atoms. The lowest BCUT2D eigenvalue weighted by atomic mass is 10.2. The van der Waals surface area contributed by atoms with Crippen LogP contribution in [0.15, 0.2) is 17.0 Å². The van der Waals surface area contributed by atoms with E-state index in [0.29, 0.717) is 0 Å². The molecule has 0 atom stereocenters. The molecule has 0 radical (unpaired) electrons. The molecule has 1 aromatic carbocycles. The monoisotopic (exact) mass is 278 g/mol. The van der Waals surface area contributed by atoms with Crippen LogP contribution in [0.1, 0.15) is 10.4 Å². The summed E-state index contributed by atoms with van der Waals surface area (Å²) >= 11 is 0. The number of carbonyl (C=O) groups excluding carboxylic acids is 1. The average molecular weight is 279 g/mol. The highest BCUT2D eigenvalue weighted by atomic mass is 35.7. The molecule has 0 amide bonds. The van der Waals surface area contributed by atoms with Gasteiger partial charge in [-0.2, -0.15) is 0 Å². The summed E-state index contributed by atoms with van der Waals surface area (Å²) in [5.41, 5.74) is 0.0241. The van der Waals surface area contributed by atoms with E-state index in [1.807, 2.05) is 0 Å². The topological polar surface area (TPSA) is 78.9 Å². The van der Waals surface area contributed by atoms with Crippen LogP contribution in [0.3, 0.4) is 0 Å². The molecule has 1 aliphatic heterocycles. The summed E-state index contributed by atoms with van der Waals surface area (Å²) in [5.74, 6) is -0.537. The molecule has 0 N–H and O–H groups in total. The number of carbonyl (C=O) groups is 1. The summed E-state index contributed by atoms with van der Waals surface area (Å²) in [6.07, 6.45) is 0. The van der Waals surface area contributed by atoms with Crippen LogP contribution in [0, 0.1) is 0 Å². The van der Waals surface area contributed by atoms with Gasteiger partial charge >= 0.3 is 5.97 Å². The lowest BCUT2D eigenvalue weighted by molar-refractivity contribution is 0.0600. The predicted octanol–water partition coefficient (Wildman–Crippen LogP) is 1.13. The predicted molar refractivity (Wildman–Crippen MR) is 56.9 cm³/mol. The largest absolute Gasteiger partial charge is 0.465 e. The fourth-order valence-electron chi connectivity index (χ4n) is 1.39. The van der Waals surface area contributed by atoms with Crippen molar-refractivity contribution < 1.29 is 27.4 Å². The number of halogens is 1. The van der Waals surface area contributed by atoms with E-state index in [9.17, 15) is 13.2 Å². The maximum absolute atomic E-state index is 11.3. The fourth-order valence-corrected chi connectivity index (χ4v) is 2.39. The van der Waals surface area contributed by atoms with Crippen LogP contribution in [0.25, 0.3) is 0 Å². The summed E-state index contributed by atoms with van der Waals surface area (Å²) in [4.78, 5) is 11.0. The first-order valence-electron chi connectivity index (χ1n) is 4.40. The van der Waals surface area contributed by atoms with Gasteiger partial charge in [-0.3, -0.25) is 0 Å². The van der Waals surface area contributed by atoms with Crippen molar-refractivity contribution >= 4 is 25.7 Å². The third-order valence-corrected chi connectivity index (χ3v) is 3.45. The number of esters is 1. The van der Waals surface area contributed by atoms with Gasteiger partial charge in [0.2, 0.25) is 6.79 Å². The number of hydrogen-bond acceptors (Lipinski definition) is 6. The number of fused-ring (bicyclic) bond motifs is 1. The third kappa shape index (κ3) is 2.16. The van der Waals surface area contributed by atoms with E-state index < -0.39 is 15.0 Å². The minimum absolute atomic E-state index is 0.00709. The minimum Gasteiger partial charge on any atom is -0.465 e. The van der Waals surface area contributed by atoms with Gasteiger partial charge in [0.25, 0.3) is 9.05 Å². The van der Waals surface area contributed by atoms with Gasteiger partial charge in [0.05, 0.1) is 12.7 Å². The molecule has 17 heavy (non-hydrogen) atoms. The standard InChI is InChI=1S/C9H7ClO6S/c1-14-9(11)5-2-6-8(16-4-15-6)7(3-5)17(10,12)13/h2-3H,4H2,1H3. The van der Waals surface area contributed by atoms with E-state index in [2.05, 4.69) is 4.74 Å². The van der Waals surface area contributed by atoms with Crippen LogP contribution >= 0.6 is 10.7 Å². The molecule has 6 nitrogen and oxygen atoms in total. The average Bonchev–Trinajstić information content (AvgIpc) is 2.72.